The molecule has 1 aromatic rings. The van der Waals surface area contributed by atoms with Crippen LogP contribution in [0.3, 0.4) is 0 Å². The van der Waals surface area contributed by atoms with E-state index in [1.807, 2.05) is 16.8 Å². The zero-order chi connectivity index (χ0) is 10.5. The standard InChI is InChI=1S/C10H12O4S/c11-10(9-6-12-2-3-13-9)14-5-8-1-4-15-7-8/h1,4,7,9H,2-3,5-6H2/t9-/m1/s1. The summed E-state index contributed by atoms with van der Waals surface area (Å²) in [5.74, 6) is -0.346. The molecule has 0 amide bonds. The summed E-state index contributed by atoms with van der Waals surface area (Å²) < 4.78 is 15.4. The van der Waals surface area contributed by atoms with Crippen LogP contribution in [0.1, 0.15) is 5.56 Å². The molecule has 0 N–H and O–H groups in total. The maximum Gasteiger partial charge on any atom is 0.338 e. The molecule has 4 nitrogen and oxygen atoms in total. The van der Waals surface area contributed by atoms with Crippen molar-refractivity contribution in [3.05, 3.63) is 22.4 Å². The van der Waals surface area contributed by atoms with Crippen LogP contribution in [0.25, 0.3) is 0 Å². The third kappa shape index (κ3) is 3.02. The van der Waals surface area contributed by atoms with Gasteiger partial charge in [-0.2, -0.15) is 11.3 Å². The SMILES string of the molecule is O=C(OCc1ccsc1)[C@H]1COCCO1. The number of ether oxygens (including phenoxy) is 3. The molecule has 0 aliphatic carbocycles. The molecule has 0 bridgehead atoms. The van der Waals surface area contributed by atoms with E-state index in [0.717, 1.165) is 5.56 Å². The van der Waals surface area contributed by atoms with Crippen molar-refractivity contribution in [3.63, 3.8) is 0 Å². The van der Waals surface area contributed by atoms with Crippen molar-refractivity contribution < 1.29 is 19.0 Å². The Kier molecular flexibility index (Phi) is 3.71. The minimum atomic E-state index is -0.558. The van der Waals surface area contributed by atoms with E-state index in [1.54, 1.807) is 11.3 Å². The average Bonchev–Trinajstić information content (AvgIpc) is 2.80. The number of carbonyl (C=O) groups is 1. The highest BCUT2D eigenvalue weighted by Crippen LogP contribution is 2.09. The molecule has 82 valence electrons. The molecule has 0 saturated carbocycles. The lowest BCUT2D eigenvalue weighted by molar-refractivity contribution is -0.172. The lowest BCUT2D eigenvalue weighted by atomic mass is 10.3. The zero-order valence-electron chi connectivity index (χ0n) is 8.18. The summed E-state index contributed by atoms with van der Waals surface area (Å²) in [5.41, 5.74) is 1.00. The molecular weight excluding hydrogens is 216 g/mol. The lowest BCUT2D eigenvalue weighted by Crippen LogP contribution is -2.36. The predicted molar refractivity (Wildman–Crippen MR) is 54.7 cm³/mol. The molecular formula is C10H12O4S. The molecule has 15 heavy (non-hydrogen) atoms. The van der Waals surface area contributed by atoms with Gasteiger partial charge in [-0.1, -0.05) is 0 Å². The second-order valence-corrected chi connectivity index (χ2v) is 3.95. The Morgan fingerprint density at radius 1 is 1.60 bits per heavy atom. The molecule has 0 aromatic carbocycles. The van der Waals surface area contributed by atoms with Crippen molar-refractivity contribution in [2.75, 3.05) is 19.8 Å². The molecule has 0 unspecified atom stereocenters. The van der Waals surface area contributed by atoms with Gasteiger partial charge in [-0.05, 0) is 16.8 Å². The van der Waals surface area contributed by atoms with Crippen molar-refractivity contribution in [1.29, 1.82) is 0 Å². The summed E-state index contributed by atoms with van der Waals surface area (Å²) in [7, 11) is 0. The van der Waals surface area contributed by atoms with Gasteiger partial charge in [0.1, 0.15) is 6.61 Å². The van der Waals surface area contributed by atoms with E-state index in [2.05, 4.69) is 0 Å². The summed E-state index contributed by atoms with van der Waals surface area (Å²) in [6.07, 6.45) is -0.558. The molecule has 0 radical (unpaired) electrons. The molecule has 2 rings (SSSR count). The van der Waals surface area contributed by atoms with Gasteiger partial charge in [-0.3, -0.25) is 0 Å². The summed E-state index contributed by atoms with van der Waals surface area (Å²) in [4.78, 5) is 11.5. The van der Waals surface area contributed by atoms with Gasteiger partial charge in [-0.15, -0.1) is 0 Å². The number of rotatable bonds is 3. The quantitative estimate of drug-likeness (QED) is 0.729. The van der Waals surface area contributed by atoms with Gasteiger partial charge in [0, 0.05) is 5.56 Å². The first-order chi connectivity index (χ1) is 7.36. The Balaban J connectivity index is 1.76. The van der Waals surface area contributed by atoms with Crippen molar-refractivity contribution in [2.45, 2.75) is 12.7 Å². The fraction of sp³-hybridized carbons (Fsp3) is 0.500. The van der Waals surface area contributed by atoms with E-state index in [0.29, 0.717) is 26.4 Å². The topological polar surface area (TPSA) is 44.8 Å². The van der Waals surface area contributed by atoms with Crippen LogP contribution in [0.5, 0.6) is 0 Å². The maximum absolute atomic E-state index is 11.5. The fourth-order valence-electron chi connectivity index (χ4n) is 1.25. The fourth-order valence-corrected chi connectivity index (χ4v) is 1.90. The first-order valence-electron chi connectivity index (χ1n) is 4.73. The Bertz CT molecular complexity index is 303. The third-order valence-electron chi connectivity index (χ3n) is 2.04. The van der Waals surface area contributed by atoms with Gasteiger partial charge in [0.15, 0.2) is 6.10 Å². The minimum absolute atomic E-state index is 0.294. The van der Waals surface area contributed by atoms with E-state index in [1.165, 1.54) is 0 Å². The normalized spacial score (nSPS) is 21.2. The Hall–Kier alpha value is -0.910. The lowest BCUT2D eigenvalue weighted by Gasteiger charge is -2.21. The highest BCUT2D eigenvalue weighted by molar-refractivity contribution is 7.07. The van der Waals surface area contributed by atoms with E-state index < -0.39 is 6.10 Å². The number of carbonyl (C=O) groups excluding carboxylic acids is 1. The minimum Gasteiger partial charge on any atom is -0.459 e. The van der Waals surface area contributed by atoms with Crippen LogP contribution in [-0.4, -0.2) is 31.9 Å². The van der Waals surface area contributed by atoms with Crippen LogP contribution in [-0.2, 0) is 25.6 Å². The smallest absolute Gasteiger partial charge is 0.338 e. The number of hydrogen-bond donors (Lipinski definition) is 0. The monoisotopic (exact) mass is 228 g/mol. The first kappa shape index (κ1) is 10.6. The molecule has 1 fully saturated rings. The Labute approximate surface area is 91.8 Å². The van der Waals surface area contributed by atoms with Crippen molar-refractivity contribution >= 4 is 17.3 Å². The van der Waals surface area contributed by atoms with Crippen LogP contribution in [0, 0.1) is 0 Å². The summed E-state index contributed by atoms with van der Waals surface area (Å²) >= 11 is 1.58. The molecule has 1 aliphatic heterocycles. The molecule has 0 spiro atoms. The van der Waals surface area contributed by atoms with Gasteiger partial charge in [0.2, 0.25) is 0 Å². The molecule has 1 atom stereocenters. The predicted octanol–water partition coefficient (Wildman–Crippen LogP) is 1.21. The molecule has 5 heteroatoms. The van der Waals surface area contributed by atoms with Crippen LogP contribution in [0.2, 0.25) is 0 Å². The summed E-state index contributed by atoms with van der Waals surface area (Å²) in [6.45, 7) is 1.61. The van der Waals surface area contributed by atoms with Gasteiger partial charge in [0.05, 0.1) is 19.8 Å². The largest absolute Gasteiger partial charge is 0.459 e. The van der Waals surface area contributed by atoms with Gasteiger partial charge < -0.3 is 14.2 Å². The van der Waals surface area contributed by atoms with E-state index in [-0.39, 0.29) is 5.97 Å². The highest BCUT2D eigenvalue weighted by atomic mass is 32.1. The zero-order valence-corrected chi connectivity index (χ0v) is 9.00. The second-order valence-electron chi connectivity index (χ2n) is 3.17. The van der Waals surface area contributed by atoms with Crippen LogP contribution in [0.15, 0.2) is 16.8 Å². The number of thiophene rings is 1. The number of hydrogen-bond acceptors (Lipinski definition) is 5. The molecule has 1 saturated heterocycles. The Morgan fingerprint density at radius 2 is 2.53 bits per heavy atom. The first-order valence-corrected chi connectivity index (χ1v) is 5.67. The third-order valence-corrected chi connectivity index (χ3v) is 2.77. The van der Waals surface area contributed by atoms with Crippen molar-refractivity contribution in [3.8, 4) is 0 Å². The summed E-state index contributed by atoms with van der Waals surface area (Å²) in [5, 5.41) is 3.90. The number of esters is 1. The maximum atomic E-state index is 11.5. The molecule has 1 aliphatic rings. The average molecular weight is 228 g/mol. The van der Waals surface area contributed by atoms with Crippen LogP contribution >= 0.6 is 11.3 Å². The van der Waals surface area contributed by atoms with Crippen LogP contribution < -0.4 is 0 Å². The van der Waals surface area contributed by atoms with E-state index in [9.17, 15) is 4.79 Å². The van der Waals surface area contributed by atoms with Crippen molar-refractivity contribution in [1.82, 2.24) is 0 Å². The highest BCUT2D eigenvalue weighted by Gasteiger charge is 2.23. The Morgan fingerprint density at radius 3 is 3.20 bits per heavy atom. The van der Waals surface area contributed by atoms with Gasteiger partial charge in [-0.25, -0.2) is 4.79 Å². The van der Waals surface area contributed by atoms with E-state index in [4.69, 9.17) is 14.2 Å². The molecule has 1 aromatic heterocycles. The van der Waals surface area contributed by atoms with E-state index >= 15 is 0 Å². The van der Waals surface area contributed by atoms with Gasteiger partial charge >= 0.3 is 5.97 Å². The molecule has 2 heterocycles. The van der Waals surface area contributed by atoms with Gasteiger partial charge in [0.25, 0.3) is 0 Å². The van der Waals surface area contributed by atoms with Crippen LogP contribution in [0.4, 0.5) is 0 Å². The van der Waals surface area contributed by atoms with Crippen molar-refractivity contribution in [2.24, 2.45) is 0 Å². The second kappa shape index (κ2) is 5.25. The summed E-state index contributed by atoms with van der Waals surface area (Å²) in [6, 6.07) is 1.93.